The average Bonchev–Trinajstić information content (AvgIpc) is 3.30. The van der Waals surface area contributed by atoms with Crippen molar-refractivity contribution in [3.8, 4) is 12.3 Å². The van der Waals surface area contributed by atoms with Gasteiger partial charge >= 0.3 is 5.97 Å². The zero-order chi connectivity index (χ0) is 22.5. The number of rotatable bonds is 7. The molecule has 1 aromatic heterocycles. The van der Waals surface area contributed by atoms with Crippen molar-refractivity contribution in [2.24, 2.45) is 0 Å². The number of esters is 1. The second-order valence-electron chi connectivity index (χ2n) is 6.28. The second-order valence-corrected chi connectivity index (χ2v) is 6.28. The summed E-state index contributed by atoms with van der Waals surface area (Å²) in [7, 11) is 1.00. The van der Waals surface area contributed by atoms with Crippen molar-refractivity contribution in [1.29, 1.82) is 0 Å². The third kappa shape index (κ3) is 4.60. The van der Waals surface area contributed by atoms with E-state index in [0.29, 0.717) is 0 Å². The fraction of sp³-hybridized carbons (Fsp3) is 0.350. The predicted molar refractivity (Wildman–Crippen MR) is 99.1 cm³/mol. The quantitative estimate of drug-likeness (QED) is 0.401. The summed E-state index contributed by atoms with van der Waals surface area (Å²) in [6.07, 6.45) is -0.0347. The summed E-state index contributed by atoms with van der Waals surface area (Å²) in [5, 5.41) is 2.70. The molecule has 31 heavy (non-hydrogen) atoms. The highest BCUT2D eigenvalue weighted by Gasteiger charge is 2.34. The highest BCUT2D eigenvalue weighted by atomic mass is 19.3. The van der Waals surface area contributed by atoms with Crippen molar-refractivity contribution in [1.82, 2.24) is 9.97 Å². The monoisotopic (exact) mass is 439 g/mol. The van der Waals surface area contributed by atoms with Crippen molar-refractivity contribution >= 4 is 11.8 Å². The van der Waals surface area contributed by atoms with Gasteiger partial charge in [0.1, 0.15) is 24.0 Å². The molecule has 0 aliphatic carbocycles. The van der Waals surface area contributed by atoms with Gasteiger partial charge in [-0.2, -0.15) is 0 Å². The number of alkyl halides is 3. The largest absolute Gasteiger partial charge is 0.467 e. The molecule has 164 valence electrons. The topological polar surface area (TPSA) is 82.6 Å². The van der Waals surface area contributed by atoms with Crippen LogP contribution in [0, 0.1) is 18.2 Å². The van der Waals surface area contributed by atoms with Gasteiger partial charge in [0.2, 0.25) is 6.17 Å². The SMILES string of the molecule is C#CC(Nc1ncnc(C(F)C(=O)OC)c1C1OCCO1)c1cccc(C(F)F)c1F. The lowest BCUT2D eigenvalue weighted by Crippen LogP contribution is -2.20. The fourth-order valence-corrected chi connectivity index (χ4v) is 3.00. The van der Waals surface area contributed by atoms with Crippen molar-refractivity contribution in [3.05, 3.63) is 52.7 Å². The van der Waals surface area contributed by atoms with Crippen LogP contribution < -0.4 is 5.32 Å². The van der Waals surface area contributed by atoms with Gasteiger partial charge in [-0.05, 0) is 0 Å². The molecule has 0 spiro atoms. The van der Waals surface area contributed by atoms with Crippen molar-refractivity contribution in [3.63, 3.8) is 0 Å². The van der Waals surface area contributed by atoms with E-state index < -0.39 is 48.0 Å². The van der Waals surface area contributed by atoms with E-state index in [1.54, 1.807) is 0 Å². The van der Waals surface area contributed by atoms with Crippen molar-refractivity contribution in [2.75, 3.05) is 25.6 Å². The lowest BCUT2D eigenvalue weighted by atomic mass is 10.0. The van der Waals surface area contributed by atoms with Crippen molar-refractivity contribution < 1.29 is 36.6 Å². The number of aromatic nitrogens is 2. The minimum absolute atomic E-state index is 0.0800. The van der Waals surface area contributed by atoms with Crippen LogP contribution >= 0.6 is 0 Å². The van der Waals surface area contributed by atoms with Crippen LogP contribution in [0.1, 0.15) is 47.3 Å². The number of benzene rings is 1. The van der Waals surface area contributed by atoms with E-state index in [1.807, 2.05) is 0 Å². The average molecular weight is 439 g/mol. The Morgan fingerprint density at radius 2 is 1.94 bits per heavy atom. The number of terminal acetylenes is 1. The van der Waals surface area contributed by atoms with Crippen molar-refractivity contribution in [2.45, 2.75) is 24.9 Å². The summed E-state index contributed by atoms with van der Waals surface area (Å²) in [5.41, 5.74) is -1.54. The third-order valence-electron chi connectivity index (χ3n) is 4.47. The van der Waals surface area contributed by atoms with E-state index in [2.05, 4.69) is 25.9 Å². The van der Waals surface area contributed by atoms with E-state index >= 15 is 0 Å². The number of carbonyl (C=O) groups excluding carboxylic acids is 1. The molecule has 2 unspecified atom stereocenters. The number of methoxy groups -OCH3 is 1. The van der Waals surface area contributed by atoms with Crippen LogP contribution in [0.3, 0.4) is 0 Å². The summed E-state index contributed by atoms with van der Waals surface area (Å²) in [4.78, 5) is 19.5. The van der Waals surface area contributed by atoms with Gasteiger partial charge in [0, 0.05) is 5.56 Å². The van der Waals surface area contributed by atoms with Crippen LogP contribution in [0.25, 0.3) is 0 Å². The Bertz CT molecular complexity index is 993. The molecule has 7 nitrogen and oxygen atoms in total. The van der Waals surface area contributed by atoms with Gasteiger partial charge in [-0.1, -0.05) is 24.1 Å². The molecule has 0 saturated carbocycles. The normalized spacial score (nSPS) is 16.0. The van der Waals surface area contributed by atoms with Gasteiger partial charge in [-0.3, -0.25) is 0 Å². The Labute approximate surface area is 174 Å². The molecular formula is C20H17F4N3O4. The Balaban J connectivity index is 2.05. The molecule has 2 atom stereocenters. The molecule has 3 rings (SSSR count). The third-order valence-corrected chi connectivity index (χ3v) is 4.47. The minimum atomic E-state index is -3.05. The van der Waals surface area contributed by atoms with Crippen LogP contribution in [-0.2, 0) is 19.0 Å². The lowest BCUT2D eigenvalue weighted by molar-refractivity contribution is -0.147. The highest BCUT2D eigenvalue weighted by Crippen LogP contribution is 2.36. The first-order valence-electron chi connectivity index (χ1n) is 8.98. The van der Waals surface area contributed by atoms with Crippen LogP contribution in [0.2, 0.25) is 0 Å². The molecule has 1 N–H and O–H groups in total. The lowest BCUT2D eigenvalue weighted by Gasteiger charge is -2.22. The zero-order valence-corrected chi connectivity index (χ0v) is 16.1. The first kappa shape index (κ1) is 22.5. The molecular weight excluding hydrogens is 422 g/mol. The molecule has 2 aromatic rings. The van der Waals surface area contributed by atoms with Gasteiger partial charge in [0.25, 0.3) is 6.43 Å². The van der Waals surface area contributed by atoms with Gasteiger partial charge in [-0.25, -0.2) is 32.3 Å². The predicted octanol–water partition coefficient (Wildman–Crippen LogP) is 3.57. The van der Waals surface area contributed by atoms with Crippen LogP contribution in [0.4, 0.5) is 23.4 Å². The molecule has 1 aromatic carbocycles. The number of anilines is 1. The summed E-state index contributed by atoms with van der Waals surface area (Å²) >= 11 is 0. The van der Waals surface area contributed by atoms with Gasteiger partial charge in [0.15, 0.2) is 6.29 Å². The first-order chi connectivity index (χ1) is 14.9. The van der Waals surface area contributed by atoms with E-state index in [4.69, 9.17) is 15.9 Å². The summed E-state index contributed by atoms with van der Waals surface area (Å²) in [6, 6.07) is 2.14. The number of carbonyl (C=O) groups is 1. The Morgan fingerprint density at radius 1 is 1.26 bits per heavy atom. The van der Waals surface area contributed by atoms with Crippen LogP contribution in [-0.4, -0.2) is 36.3 Å². The molecule has 1 aliphatic rings. The number of nitrogens with one attached hydrogen (secondary N) is 1. The maximum Gasteiger partial charge on any atom is 0.346 e. The second kappa shape index (κ2) is 9.72. The number of hydrogen-bond donors (Lipinski definition) is 1. The molecule has 0 radical (unpaired) electrons. The Morgan fingerprint density at radius 3 is 2.55 bits per heavy atom. The minimum Gasteiger partial charge on any atom is -0.467 e. The smallest absolute Gasteiger partial charge is 0.346 e. The number of ether oxygens (including phenoxy) is 3. The van der Waals surface area contributed by atoms with E-state index in [1.165, 1.54) is 12.1 Å². The van der Waals surface area contributed by atoms with Crippen LogP contribution in [0.5, 0.6) is 0 Å². The number of nitrogens with zero attached hydrogens (tertiary/aromatic N) is 2. The Kier molecular flexibility index (Phi) is 7.04. The summed E-state index contributed by atoms with van der Waals surface area (Å²) in [6.45, 7) is 0.356. The van der Waals surface area contributed by atoms with E-state index in [0.717, 1.165) is 19.5 Å². The molecule has 2 heterocycles. The molecule has 1 aliphatic heterocycles. The van der Waals surface area contributed by atoms with Gasteiger partial charge in [0.05, 0.1) is 37.1 Å². The zero-order valence-electron chi connectivity index (χ0n) is 16.1. The summed E-state index contributed by atoms with van der Waals surface area (Å²) in [5.74, 6) is -0.266. The molecule has 1 fully saturated rings. The maximum atomic E-state index is 14.7. The maximum absolute atomic E-state index is 14.7. The molecule has 11 heteroatoms. The number of halogens is 4. The molecule has 0 bridgehead atoms. The van der Waals surface area contributed by atoms with Gasteiger partial charge in [-0.15, -0.1) is 6.42 Å². The van der Waals surface area contributed by atoms with E-state index in [-0.39, 0.29) is 30.2 Å². The number of hydrogen-bond acceptors (Lipinski definition) is 7. The highest BCUT2D eigenvalue weighted by molar-refractivity contribution is 5.76. The van der Waals surface area contributed by atoms with Crippen LogP contribution in [0.15, 0.2) is 24.5 Å². The molecule has 1 saturated heterocycles. The van der Waals surface area contributed by atoms with E-state index in [9.17, 15) is 22.4 Å². The fourth-order valence-electron chi connectivity index (χ4n) is 3.00. The first-order valence-corrected chi connectivity index (χ1v) is 8.98. The standard InChI is InChI=1S/C20H17F4N3O4/c1-3-12(10-5-4-6-11(14(10)21)17(23)24)27-18-13(20-30-7-8-31-20)16(25-9-26-18)15(22)19(28)29-2/h1,4-6,9,12,15,17,20H,7-8H2,2H3,(H,25,26,27). The van der Waals surface area contributed by atoms with Gasteiger partial charge < -0.3 is 19.5 Å². The Hall–Kier alpha value is -3.23. The molecule has 0 amide bonds. The summed E-state index contributed by atoms with van der Waals surface area (Å²) < 4.78 is 70.6.